The molecule has 0 saturated carbocycles. The van der Waals surface area contributed by atoms with Gasteiger partial charge in [-0.3, -0.25) is 0 Å². The second-order valence-electron chi connectivity index (χ2n) is 10.8. The van der Waals surface area contributed by atoms with Crippen molar-refractivity contribution in [2.24, 2.45) is 0 Å². The Morgan fingerprint density at radius 3 is 1.76 bits per heavy atom. The van der Waals surface area contributed by atoms with Crippen molar-refractivity contribution in [3.8, 4) is 12.3 Å². The second-order valence-corrected chi connectivity index (χ2v) is 22.1. The van der Waals surface area contributed by atoms with Crippen LogP contribution in [-0.4, -0.2) is 49.6 Å². The molecule has 0 bridgehead atoms. The molecule has 5 nitrogen and oxygen atoms in total. The first kappa shape index (κ1) is 28.6. The van der Waals surface area contributed by atoms with Crippen LogP contribution in [0, 0.1) is 12.3 Å². The molecule has 0 aliphatic rings. The Labute approximate surface area is 182 Å². The first-order valence-corrected chi connectivity index (χ1v) is 17.8. The van der Waals surface area contributed by atoms with Crippen LogP contribution >= 0.6 is 0 Å². The van der Waals surface area contributed by atoms with Crippen molar-refractivity contribution in [1.29, 1.82) is 0 Å². The van der Waals surface area contributed by atoms with E-state index in [1.165, 1.54) is 0 Å². The highest BCUT2D eigenvalue weighted by Gasteiger charge is 2.45. The lowest BCUT2D eigenvalue weighted by atomic mass is 10.0. The summed E-state index contributed by atoms with van der Waals surface area (Å²) in [4.78, 5) is 0. The fourth-order valence-electron chi connectivity index (χ4n) is 2.30. The zero-order valence-corrected chi connectivity index (χ0v) is 23.2. The summed E-state index contributed by atoms with van der Waals surface area (Å²) < 4.78 is 40.3. The van der Waals surface area contributed by atoms with Crippen LogP contribution in [0.5, 0.6) is 0 Å². The van der Waals surface area contributed by atoms with Crippen molar-refractivity contribution in [2.45, 2.75) is 102 Å². The normalized spacial score (nSPS) is 17.3. The molecule has 0 aromatic rings. The summed E-state index contributed by atoms with van der Waals surface area (Å²) in [6, 6.07) is -0.651. The van der Waals surface area contributed by atoms with Crippen LogP contribution in [0.4, 0.5) is 0 Å². The monoisotopic (exact) mass is 461 g/mol. The predicted octanol–water partition coefficient (Wildman–Crippen LogP) is 4.89. The van der Waals surface area contributed by atoms with Gasteiger partial charge in [-0.25, -0.2) is 13.1 Å². The summed E-state index contributed by atoms with van der Waals surface area (Å²) in [5.41, 5.74) is 0. The summed E-state index contributed by atoms with van der Waals surface area (Å²) in [5, 5.41) is -0.0781. The van der Waals surface area contributed by atoms with E-state index in [2.05, 4.69) is 85.0 Å². The van der Waals surface area contributed by atoms with E-state index in [-0.39, 0.29) is 16.5 Å². The Morgan fingerprint density at radius 1 is 1.03 bits per heavy atom. The van der Waals surface area contributed by atoms with Gasteiger partial charge in [-0.05, 0) is 36.3 Å². The number of rotatable bonds is 10. The highest BCUT2D eigenvalue weighted by molar-refractivity contribution is 7.88. The third kappa shape index (κ3) is 8.68. The summed E-state index contributed by atoms with van der Waals surface area (Å²) >= 11 is 0. The molecule has 0 spiro atoms. The van der Waals surface area contributed by atoms with Gasteiger partial charge < -0.3 is 8.85 Å². The molecular formula is C21H43NO4SSi2. The lowest BCUT2D eigenvalue weighted by molar-refractivity contribution is 0.0850. The topological polar surface area (TPSA) is 64.6 Å². The maximum absolute atomic E-state index is 12.2. The predicted molar refractivity (Wildman–Crippen MR) is 130 cm³/mol. The van der Waals surface area contributed by atoms with E-state index in [1.54, 1.807) is 6.08 Å². The maximum atomic E-state index is 12.2. The van der Waals surface area contributed by atoms with Crippen LogP contribution < -0.4 is 4.72 Å². The van der Waals surface area contributed by atoms with Gasteiger partial charge in [0, 0.05) is 6.42 Å². The number of hydrogen-bond acceptors (Lipinski definition) is 4. The molecule has 0 aliphatic heterocycles. The molecule has 170 valence electrons. The van der Waals surface area contributed by atoms with Crippen molar-refractivity contribution >= 4 is 26.7 Å². The summed E-state index contributed by atoms with van der Waals surface area (Å²) in [5.74, 6) is 2.66. The number of sulfonamides is 1. The molecule has 29 heavy (non-hydrogen) atoms. The van der Waals surface area contributed by atoms with E-state index >= 15 is 0 Å². The lowest BCUT2D eigenvalue weighted by Crippen LogP contribution is -2.58. The summed E-state index contributed by atoms with van der Waals surface area (Å²) in [6.07, 6.45) is 7.68. The van der Waals surface area contributed by atoms with Crippen LogP contribution in [0.2, 0.25) is 36.3 Å². The molecular weight excluding hydrogens is 418 g/mol. The van der Waals surface area contributed by atoms with Crippen LogP contribution in [0.1, 0.15) is 48.0 Å². The molecule has 0 unspecified atom stereocenters. The molecule has 8 heteroatoms. The maximum Gasteiger partial charge on any atom is 0.209 e. The highest BCUT2D eigenvalue weighted by Crippen LogP contribution is 2.40. The van der Waals surface area contributed by atoms with Gasteiger partial charge in [0.2, 0.25) is 10.0 Å². The molecule has 0 saturated heterocycles. The number of nitrogens with one attached hydrogen (secondary N) is 1. The van der Waals surface area contributed by atoms with Gasteiger partial charge in [0.25, 0.3) is 0 Å². The van der Waals surface area contributed by atoms with E-state index in [1.807, 2.05) is 0 Å². The Morgan fingerprint density at radius 2 is 1.45 bits per heavy atom. The average Bonchev–Trinajstić information content (AvgIpc) is 2.46. The first-order chi connectivity index (χ1) is 12.7. The quantitative estimate of drug-likeness (QED) is 0.286. The van der Waals surface area contributed by atoms with E-state index < -0.39 is 44.9 Å². The fourth-order valence-corrected chi connectivity index (χ4v) is 5.70. The van der Waals surface area contributed by atoms with E-state index in [0.29, 0.717) is 0 Å². The van der Waals surface area contributed by atoms with Crippen molar-refractivity contribution in [3.05, 3.63) is 12.7 Å². The standard InChI is InChI=1S/C21H43NO4SSi2/c1-14-16-18(26-29(12,13)21(6,7)8)19(22-27(9,23)24)17(15-2)25-28(10,11)20(3,4)5/h1,15,17-19,22H,2,16H2,3-13H3/t17-,18-,19-/m1/s1. The zero-order valence-electron chi connectivity index (χ0n) is 20.3. The van der Waals surface area contributed by atoms with Crippen molar-refractivity contribution in [1.82, 2.24) is 4.72 Å². The smallest absolute Gasteiger partial charge is 0.209 e. The van der Waals surface area contributed by atoms with Gasteiger partial charge in [-0.2, -0.15) is 0 Å². The fraction of sp³-hybridized carbons (Fsp3) is 0.810. The van der Waals surface area contributed by atoms with Gasteiger partial charge >= 0.3 is 0 Å². The first-order valence-electron chi connectivity index (χ1n) is 10.1. The van der Waals surface area contributed by atoms with Gasteiger partial charge in [0.05, 0.1) is 24.5 Å². The summed E-state index contributed by atoms with van der Waals surface area (Å²) in [7, 11) is -7.92. The minimum atomic E-state index is -3.52. The third-order valence-corrected chi connectivity index (χ3v) is 15.8. The van der Waals surface area contributed by atoms with E-state index in [9.17, 15) is 8.42 Å². The molecule has 0 radical (unpaired) electrons. The number of hydrogen-bond donors (Lipinski definition) is 1. The van der Waals surface area contributed by atoms with Crippen molar-refractivity contribution in [2.75, 3.05) is 6.26 Å². The SMILES string of the molecule is C#CC[C@@H](O[Si](C)(C)C(C)(C)C)[C@H](NS(C)(=O)=O)[C@@H](C=C)O[Si](C)(C)C(C)(C)C. The minimum Gasteiger partial charge on any atom is -0.411 e. The Bertz CT molecular complexity index is 698. The third-order valence-electron chi connectivity index (χ3n) is 6.15. The van der Waals surface area contributed by atoms with Crippen LogP contribution in [0.15, 0.2) is 12.7 Å². The molecule has 0 aromatic carbocycles. The highest BCUT2D eigenvalue weighted by atomic mass is 32.2. The zero-order chi connectivity index (χ0) is 23.5. The lowest BCUT2D eigenvalue weighted by Gasteiger charge is -2.45. The Kier molecular flexibility index (Phi) is 9.65. The van der Waals surface area contributed by atoms with E-state index in [4.69, 9.17) is 15.3 Å². The largest absolute Gasteiger partial charge is 0.411 e. The van der Waals surface area contributed by atoms with Crippen LogP contribution in [-0.2, 0) is 18.9 Å². The second kappa shape index (κ2) is 9.79. The Balaban J connectivity index is 6.21. The molecule has 0 fully saturated rings. The van der Waals surface area contributed by atoms with Crippen LogP contribution in [0.25, 0.3) is 0 Å². The summed E-state index contributed by atoms with van der Waals surface area (Å²) in [6.45, 7) is 25.3. The molecule has 3 atom stereocenters. The van der Waals surface area contributed by atoms with E-state index in [0.717, 1.165) is 6.26 Å². The molecule has 0 amide bonds. The molecule has 1 N–H and O–H groups in total. The van der Waals surface area contributed by atoms with Gasteiger partial charge in [0.1, 0.15) is 0 Å². The Hall–Kier alpha value is -0.436. The molecule has 0 aromatic heterocycles. The number of terminal acetylenes is 1. The van der Waals surface area contributed by atoms with Crippen molar-refractivity contribution in [3.63, 3.8) is 0 Å². The van der Waals surface area contributed by atoms with Crippen LogP contribution in [0.3, 0.4) is 0 Å². The molecule has 0 heterocycles. The van der Waals surface area contributed by atoms with Gasteiger partial charge in [-0.15, -0.1) is 18.9 Å². The average molecular weight is 462 g/mol. The van der Waals surface area contributed by atoms with Gasteiger partial charge in [0.15, 0.2) is 16.6 Å². The minimum absolute atomic E-state index is 0.0359. The van der Waals surface area contributed by atoms with Gasteiger partial charge in [-0.1, -0.05) is 47.6 Å². The van der Waals surface area contributed by atoms with Crippen molar-refractivity contribution < 1.29 is 17.3 Å². The molecule has 0 aliphatic carbocycles. The molecule has 0 rings (SSSR count).